The zero-order valence-corrected chi connectivity index (χ0v) is 11.8. The van der Waals surface area contributed by atoms with Crippen LogP contribution >= 0.6 is 0 Å². The highest BCUT2D eigenvalue weighted by molar-refractivity contribution is 5.56. The molecule has 0 amide bonds. The van der Waals surface area contributed by atoms with Gasteiger partial charge in [0.05, 0.1) is 5.56 Å². The molecular formula is C14H20F3N3. The third-order valence-electron chi connectivity index (χ3n) is 3.59. The van der Waals surface area contributed by atoms with Crippen LogP contribution in [-0.4, -0.2) is 45.2 Å². The molecule has 0 spiro atoms. The molecule has 0 unspecified atom stereocenters. The molecule has 0 bridgehead atoms. The third kappa shape index (κ3) is 3.43. The lowest BCUT2D eigenvalue weighted by atomic mass is 10.1. The minimum Gasteiger partial charge on any atom is -0.368 e. The van der Waals surface area contributed by atoms with Gasteiger partial charge in [0.1, 0.15) is 0 Å². The molecule has 1 heterocycles. The van der Waals surface area contributed by atoms with E-state index in [2.05, 4.69) is 10.2 Å². The molecule has 0 aromatic heterocycles. The number of rotatable bonds is 3. The fraction of sp³-hybridized carbons (Fsp3) is 0.571. The van der Waals surface area contributed by atoms with Crippen LogP contribution in [0.5, 0.6) is 0 Å². The summed E-state index contributed by atoms with van der Waals surface area (Å²) in [5, 5.41) is 2.88. The Balaban J connectivity index is 2.31. The first-order valence-corrected chi connectivity index (χ1v) is 6.70. The van der Waals surface area contributed by atoms with Crippen molar-refractivity contribution < 1.29 is 13.2 Å². The van der Waals surface area contributed by atoms with Crippen molar-refractivity contribution in [3.63, 3.8) is 0 Å². The van der Waals surface area contributed by atoms with E-state index in [1.54, 1.807) is 19.2 Å². The Hall–Kier alpha value is -1.27. The van der Waals surface area contributed by atoms with Crippen LogP contribution in [0.15, 0.2) is 18.2 Å². The molecule has 1 aromatic carbocycles. The Kier molecular flexibility index (Phi) is 4.55. The van der Waals surface area contributed by atoms with Crippen LogP contribution in [0.25, 0.3) is 0 Å². The number of nitrogens with one attached hydrogen (secondary N) is 1. The zero-order valence-electron chi connectivity index (χ0n) is 11.8. The summed E-state index contributed by atoms with van der Waals surface area (Å²) in [5.74, 6) is 0. The summed E-state index contributed by atoms with van der Waals surface area (Å²) in [5.41, 5.74) is 0.415. The second kappa shape index (κ2) is 6.01. The summed E-state index contributed by atoms with van der Waals surface area (Å²) in [6, 6.07) is 4.62. The van der Waals surface area contributed by atoms with Crippen molar-refractivity contribution in [3.05, 3.63) is 29.3 Å². The number of likely N-dealkylation sites (N-methyl/N-ethyl adjacent to an activating group) is 1. The van der Waals surface area contributed by atoms with Crippen LogP contribution in [-0.2, 0) is 12.7 Å². The van der Waals surface area contributed by atoms with Gasteiger partial charge in [-0.05, 0) is 31.8 Å². The third-order valence-corrected chi connectivity index (χ3v) is 3.59. The van der Waals surface area contributed by atoms with Gasteiger partial charge in [-0.2, -0.15) is 13.2 Å². The van der Waals surface area contributed by atoms with E-state index >= 15 is 0 Å². The van der Waals surface area contributed by atoms with Crippen LogP contribution in [0, 0.1) is 0 Å². The highest BCUT2D eigenvalue weighted by atomic mass is 19.4. The molecule has 1 aromatic rings. The molecule has 112 valence electrons. The van der Waals surface area contributed by atoms with Crippen LogP contribution in [0.2, 0.25) is 0 Å². The molecule has 1 saturated heterocycles. The van der Waals surface area contributed by atoms with Crippen molar-refractivity contribution in [1.82, 2.24) is 10.2 Å². The molecule has 20 heavy (non-hydrogen) atoms. The Bertz CT molecular complexity index is 451. The van der Waals surface area contributed by atoms with Crippen molar-refractivity contribution in [1.29, 1.82) is 0 Å². The average Bonchev–Trinajstić information content (AvgIpc) is 2.39. The highest BCUT2D eigenvalue weighted by Crippen LogP contribution is 2.37. The predicted molar refractivity (Wildman–Crippen MR) is 73.9 cm³/mol. The molecule has 1 N–H and O–H groups in total. The molecular weight excluding hydrogens is 267 g/mol. The molecule has 0 radical (unpaired) electrons. The van der Waals surface area contributed by atoms with Crippen molar-refractivity contribution in [2.24, 2.45) is 0 Å². The lowest BCUT2D eigenvalue weighted by Crippen LogP contribution is -2.45. The van der Waals surface area contributed by atoms with Crippen molar-refractivity contribution in [3.8, 4) is 0 Å². The van der Waals surface area contributed by atoms with Gasteiger partial charge in [-0.25, -0.2) is 0 Å². The largest absolute Gasteiger partial charge is 0.418 e. The van der Waals surface area contributed by atoms with Crippen LogP contribution in [0.1, 0.15) is 11.1 Å². The minimum atomic E-state index is -4.32. The second-order valence-corrected chi connectivity index (χ2v) is 5.17. The van der Waals surface area contributed by atoms with E-state index in [1.165, 1.54) is 6.07 Å². The molecule has 0 atom stereocenters. The highest BCUT2D eigenvalue weighted by Gasteiger charge is 2.35. The van der Waals surface area contributed by atoms with E-state index in [4.69, 9.17) is 0 Å². The number of nitrogens with zero attached hydrogens (tertiary/aromatic N) is 2. The van der Waals surface area contributed by atoms with E-state index < -0.39 is 11.7 Å². The van der Waals surface area contributed by atoms with E-state index in [0.29, 0.717) is 30.9 Å². The lowest BCUT2D eigenvalue weighted by Gasteiger charge is -2.35. The van der Waals surface area contributed by atoms with E-state index in [1.807, 2.05) is 11.9 Å². The van der Waals surface area contributed by atoms with E-state index in [9.17, 15) is 13.2 Å². The molecule has 2 rings (SSSR count). The lowest BCUT2D eigenvalue weighted by molar-refractivity contribution is -0.137. The molecule has 1 aliphatic rings. The normalized spacial score (nSPS) is 17.6. The summed E-state index contributed by atoms with van der Waals surface area (Å²) in [6.45, 7) is 3.27. The van der Waals surface area contributed by atoms with Gasteiger partial charge in [0.2, 0.25) is 0 Å². The van der Waals surface area contributed by atoms with Crippen LogP contribution in [0.4, 0.5) is 18.9 Å². The summed E-state index contributed by atoms with van der Waals surface area (Å²) in [4.78, 5) is 3.95. The first-order valence-electron chi connectivity index (χ1n) is 6.70. The van der Waals surface area contributed by atoms with Crippen molar-refractivity contribution in [2.45, 2.75) is 12.7 Å². The Morgan fingerprint density at radius 1 is 1.15 bits per heavy atom. The molecule has 3 nitrogen and oxygen atoms in total. The number of benzene rings is 1. The summed E-state index contributed by atoms with van der Waals surface area (Å²) in [7, 11) is 3.71. The fourth-order valence-corrected chi connectivity index (χ4v) is 2.45. The maximum Gasteiger partial charge on any atom is 0.418 e. The minimum absolute atomic E-state index is 0.297. The number of hydrogen-bond acceptors (Lipinski definition) is 3. The van der Waals surface area contributed by atoms with Gasteiger partial charge in [0.25, 0.3) is 0 Å². The number of anilines is 1. The Labute approximate surface area is 117 Å². The first kappa shape index (κ1) is 15.1. The Morgan fingerprint density at radius 3 is 2.35 bits per heavy atom. The fourth-order valence-electron chi connectivity index (χ4n) is 2.45. The van der Waals surface area contributed by atoms with Crippen LogP contribution in [0.3, 0.4) is 0 Å². The average molecular weight is 287 g/mol. The monoisotopic (exact) mass is 287 g/mol. The van der Waals surface area contributed by atoms with Gasteiger partial charge in [0.15, 0.2) is 0 Å². The van der Waals surface area contributed by atoms with Gasteiger partial charge < -0.3 is 15.1 Å². The predicted octanol–water partition coefficient (Wildman–Crippen LogP) is 2.18. The molecule has 1 aliphatic heterocycles. The number of piperazine rings is 1. The molecule has 0 saturated carbocycles. The first-order chi connectivity index (χ1) is 9.41. The van der Waals surface area contributed by atoms with E-state index in [0.717, 1.165) is 13.1 Å². The molecule has 6 heteroatoms. The Morgan fingerprint density at radius 2 is 1.80 bits per heavy atom. The number of hydrogen-bond donors (Lipinski definition) is 1. The van der Waals surface area contributed by atoms with Crippen LogP contribution < -0.4 is 10.2 Å². The summed E-state index contributed by atoms with van der Waals surface area (Å²) in [6.07, 6.45) is -4.32. The number of halogens is 3. The molecule has 1 fully saturated rings. The van der Waals surface area contributed by atoms with Gasteiger partial charge in [-0.15, -0.1) is 0 Å². The topological polar surface area (TPSA) is 18.5 Å². The molecule has 0 aliphatic carbocycles. The van der Waals surface area contributed by atoms with Gasteiger partial charge in [0, 0.05) is 38.4 Å². The smallest absolute Gasteiger partial charge is 0.368 e. The second-order valence-electron chi connectivity index (χ2n) is 5.17. The summed E-state index contributed by atoms with van der Waals surface area (Å²) >= 11 is 0. The number of alkyl halides is 3. The van der Waals surface area contributed by atoms with Crippen molar-refractivity contribution in [2.75, 3.05) is 45.2 Å². The SMILES string of the molecule is CNCc1ccc(N2CCN(C)CC2)c(C(F)(F)F)c1. The summed E-state index contributed by atoms with van der Waals surface area (Å²) < 4.78 is 39.7. The maximum absolute atomic E-state index is 13.2. The van der Waals surface area contributed by atoms with Gasteiger partial charge >= 0.3 is 6.18 Å². The van der Waals surface area contributed by atoms with Gasteiger partial charge in [-0.3, -0.25) is 0 Å². The van der Waals surface area contributed by atoms with Gasteiger partial charge in [-0.1, -0.05) is 6.07 Å². The quantitative estimate of drug-likeness (QED) is 0.919. The zero-order chi connectivity index (χ0) is 14.8. The maximum atomic E-state index is 13.2. The van der Waals surface area contributed by atoms with E-state index in [-0.39, 0.29) is 0 Å². The van der Waals surface area contributed by atoms with Crippen molar-refractivity contribution >= 4 is 5.69 Å². The standard InChI is InChI=1S/C14H20F3N3/c1-18-10-11-3-4-13(12(9-11)14(15,16)17)20-7-5-19(2)6-8-20/h3-4,9,18H,5-8,10H2,1-2H3.